The van der Waals surface area contributed by atoms with Crippen LogP contribution in [0.25, 0.3) is 11.4 Å². The van der Waals surface area contributed by atoms with E-state index in [1.54, 1.807) is 7.11 Å². The summed E-state index contributed by atoms with van der Waals surface area (Å²) in [7, 11) is 1.65. The van der Waals surface area contributed by atoms with Crippen LogP contribution < -0.4 is 4.74 Å². The van der Waals surface area contributed by atoms with Crippen LogP contribution in [0.3, 0.4) is 0 Å². The molecule has 0 atom stereocenters. The summed E-state index contributed by atoms with van der Waals surface area (Å²) in [5.74, 6) is 3.11. The average molecular weight is 294 g/mol. The SMILES string of the molecule is COc1ccc(Br)c(-c2n[nH]c(C3CC3)n2)c1. The van der Waals surface area contributed by atoms with Crippen molar-refractivity contribution in [1.29, 1.82) is 0 Å². The van der Waals surface area contributed by atoms with Crippen molar-refractivity contribution in [3.05, 3.63) is 28.5 Å². The molecular weight excluding hydrogens is 282 g/mol. The lowest BCUT2D eigenvalue weighted by Gasteiger charge is -2.03. The van der Waals surface area contributed by atoms with Crippen LogP contribution in [0.15, 0.2) is 22.7 Å². The normalized spacial score (nSPS) is 14.9. The van der Waals surface area contributed by atoms with E-state index in [0.717, 1.165) is 27.4 Å². The van der Waals surface area contributed by atoms with E-state index in [2.05, 4.69) is 31.1 Å². The van der Waals surface area contributed by atoms with Gasteiger partial charge in [-0.25, -0.2) is 4.98 Å². The Morgan fingerprint density at radius 2 is 2.24 bits per heavy atom. The van der Waals surface area contributed by atoms with Crippen molar-refractivity contribution in [2.75, 3.05) is 7.11 Å². The van der Waals surface area contributed by atoms with E-state index >= 15 is 0 Å². The Hall–Kier alpha value is -1.36. The minimum Gasteiger partial charge on any atom is -0.497 e. The molecule has 1 aliphatic carbocycles. The van der Waals surface area contributed by atoms with E-state index in [1.807, 2.05) is 18.2 Å². The third-order valence-corrected chi connectivity index (χ3v) is 3.57. The molecule has 3 rings (SSSR count). The van der Waals surface area contributed by atoms with Crippen LogP contribution in [0.5, 0.6) is 5.75 Å². The van der Waals surface area contributed by atoms with Gasteiger partial charge in [-0.1, -0.05) is 15.9 Å². The number of hydrogen-bond acceptors (Lipinski definition) is 3. The van der Waals surface area contributed by atoms with Crippen molar-refractivity contribution >= 4 is 15.9 Å². The molecule has 0 bridgehead atoms. The molecule has 17 heavy (non-hydrogen) atoms. The van der Waals surface area contributed by atoms with Crippen LogP contribution in [0.1, 0.15) is 24.6 Å². The van der Waals surface area contributed by atoms with Gasteiger partial charge in [-0.2, -0.15) is 5.10 Å². The minimum absolute atomic E-state index is 0.584. The van der Waals surface area contributed by atoms with Gasteiger partial charge >= 0.3 is 0 Å². The molecule has 0 spiro atoms. The first-order valence-electron chi connectivity index (χ1n) is 5.54. The van der Waals surface area contributed by atoms with Crippen molar-refractivity contribution in [2.45, 2.75) is 18.8 Å². The molecule has 1 saturated carbocycles. The summed E-state index contributed by atoms with van der Waals surface area (Å²) < 4.78 is 6.18. The number of ether oxygens (including phenoxy) is 1. The van der Waals surface area contributed by atoms with Gasteiger partial charge in [-0.05, 0) is 31.0 Å². The molecule has 0 radical (unpaired) electrons. The van der Waals surface area contributed by atoms with Crippen molar-refractivity contribution in [2.24, 2.45) is 0 Å². The summed E-state index contributed by atoms with van der Waals surface area (Å²) in [5.41, 5.74) is 0.951. The Balaban J connectivity index is 2.00. The zero-order chi connectivity index (χ0) is 11.8. The lowest BCUT2D eigenvalue weighted by Crippen LogP contribution is -1.87. The summed E-state index contributed by atoms with van der Waals surface area (Å²) in [5, 5.41) is 7.27. The Bertz CT molecular complexity index is 548. The first-order chi connectivity index (χ1) is 8.28. The Morgan fingerprint density at radius 3 is 2.94 bits per heavy atom. The molecule has 0 saturated heterocycles. The number of nitrogens with zero attached hydrogens (tertiary/aromatic N) is 2. The first-order valence-corrected chi connectivity index (χ1v) is 6.33. The minimum atomic E-state index is 0.584. The van der Waals surface area contributed by atoms with Gasteiger partial charge in [0.25, 0.3) is 0 Å². The molecule has 0 amide bonds. The summed E-state index contributed by atoms with van der Waals surface area (Å²) >= 11 is 3.51. The standard InChI is InChI=1S/C12H12BrN3O/c1-17-8-4-5-10(13)9(6-8)12-14-11(15-16-12)7-2-3-7/h4-7H,2-3H2,1H3,(H,14,15,16). The molecule has 2 aromatic rings. The van der Waals surface area contributed by atoms with Gasteiger partial charge < -0.3 is 4.74 Å². The zero-order valence-electron chi connectivity index (χ0n) is 9.40. The molecule has 0 aliphatic heterocycles. The number of aromatic nitrogens is 3. The Kier molecular flexibility index (Phi) is 2.63. The number of aromatic amines is 1. The Morgan fingerprint density at radius 1 is 1.41 bits per heavy atom. The third-order valence-electron chi connectivity index (χ3n) is 2.88. The van der Waals surface area contributed by atoms with Gasteiger partial charge in [0.15, 0.2) is 5.82 Å². The maximum Gasteiger partial charge on any atom is 0.182 e. The quantitative estimate of drug-likeness (QED) is 0.946. The zero-order valence-corrected chi connectivity index (χ0v) is 11.0. The highest BCUT2D eigenvalue weighted by molar-refractivity contribution is 9.10. The first kappa shape index (κ1) is 10.8. The van der Waals surface area contributed by atoms with Gasteiger partial charge in [-0.15, -0.1) is 0 Å². The smallest absolute Gasteiger partial charge is 0.182 e. The molecule has 5 heteroatoms. The van der Waals surface area contributed by atoms with Crippen molar-refractivity contribution in [3.8, 4) is 17.1 Å². The molecule has 88 valence electrons. The highest BCUT2D eigenvalue weighted by atomic mass is 79.9. The third kappa shape index (κ3) is 2.07. The van der Waals surface area contributed by atoms with Crippen LogP contribution in [0.4, 0.5) is 0 Å². The molecule has 1 N–H and O–H groups in total. The average Bonchev–Trinajstić information content (AvgIpc) is 3.09. The second-order valence-electron chi connectivity index (χ2n) is 4.16. The topological polar surface area (TPSA) is 50.8 Å². The second-order valence-corrected chi connectivity index (χ2v) is 5.02. The summed E-state index contributed by atoms with van der Waals surface area (Å²) in [4.78, 5) is 4.53. The van der Waals surface area contributed by atoms with E-state index in [0.29, 0.717) is 5.92 Å². The molecule has 1 fully saturated rings. The van der Waals surface area contributed by atoms with Crippen LogP contribution >= 0.6 is 15.9 Å². The lowest BCUT2D eigenvalue weighted by atomic mass is 10.2. The molecule has 1 aliphatic rings. The van der Waals surface area contributed by atoms with Crippen molar-refractivity contribution in [3.63, 3.8) is 0 Å². The van der Waals surface area contributed by atoms with Crippen LogP contribution in [0.2, 0.25) is 0 Å². The van der Waals surface area contributed by atoms with E-state index in [1.165, 1.54) is 12.8 Å². The maximum atomic E-state index is 5.21. The number of rotatable bonds is 3. The predicted octanol–water partition coefficient (Wildman–Crippen LogP) is 3.12. The molecule has 1 aromatic carbocycles. The lowest BCUT2D eigenvalue weighted by molar-refractivity contribution is 0.415. The van der Waals surface area contributed by atoms with E-state index in [9.17, 15) is 0 Å². The Labute approximate surface area is 108 Å². The summed E-state index contributed by atoms with van der Waals surface area (Å²) in [6.45, 7) is 0. The van der Waals surface area contributed by atoms with Gasteiger partial charge in [-0.3, -0.25) is 5.10 Å². The van der Waals surface area contributed by atoms with Gasteiger partial charge in [0.2, 0.25) is 0 Å². The summed E-state index contributed by atoms with van der Waals surface area (Å²) in [6.07, 6.45) is 2.43. The fourth-order valence-electron chi connectivity index (χ4n) is 1.74. The number of nitrogens with one attached hydrogen (secondary N) is 1. The van der Waals surface area contributed by atoms with E-state index < -0.39 is 0 Å². The number of hydrogen-bond donors (Lipinski definition) is 1. The van der Waals surface area contributed by atoms with E-state index in [-0.39, 0.29) is 0 Å². The number of H-pyrrole nitrogens is 1. The van der Waals surface area contributed by atoms with Gasteiger partial charge in [0.1, 0.15) is 11.6 Å². The molecule has 1 aromatic heterocycles. The molecule has 1 heterocycles. The highest BCUT2D eigenvalue weighted by Gasteiger charge is 2.27. The van der Waals surface area contributed by atoms with E-state index in [4.69, 9.17) is 4.74 Å². The monoisotopic (exact) mass is 293 g/mol. The number of halogens is 1. The molecule has 0 unspecified atom stereocenters. The molecular formula is C12H12BrN3O. The van der Waals surface area contributed by atoms with Crippen molar-refractivity contribution in [1.82, 2.24) is 15.2 Å². The maximum absolute atomic E-state index is 5.21. The van der Waals surface area contributed by atoms with Crippen molar-refractivity contribution < 1.29 is 4.74 Å². The van der Waals surface area contributed by atoms with Crippen LogP contribution in [-0.2, 0) is 0 Å². The second kappa shape index (κ2) is 4.14. The number of methoxy groups -OCH3 is 1. The fourth-order valence-corrected chi connectivity index (χ4v) is 2.16. The fraction of sp³-hybridized carbons (Fsp3) is 0.333. The highest BCUT2D eigenvalue weighted by Crippen LogP contribution is 2.39. The van der Waals surface area contributed by atoms with Gasteiger partial charge in [0, 0.05) is 16.0 Å². The summed E-state index contributed by atoms with van der Waals surface area (Å²) in [6, 6.07) is 5.79. The van der Waals surface area contributed by atoms with Crippen LogP contribution in [-0.4, -0.2) is 22.3 Å². The van der Waals surface area contributed by atoms with Crippen LogP contribution in [0, 0.1) is 0 Å². The molecule has 4 nitrogen and oxygen atoms in total. The number of benzene rings is 1. The predicted molar refractivity (Wildman–Crippen MR) is 68.0 cm³/mol. The largest absolute Gasteiger partial charge is 0.497 e. The van der Waals surface area contributed by atoms with Gasteiger partial charge in [0.05, 0.1) is 7.11 Å².